The molecule has 0 aliphatic heterocycles. The number of rotatable bonds is 2. The van der Waals surface area contributed by atoms with Crippen molar-refractivity contribution in [2.45, 2.75) is 0 Å². The standard InChI is InChI=1S/C22H12Br2N4/c23-17-13-7-1-2-8-14(13)18(24)22-21(17)27-19(15-9-3-5-11-25-15)20(28-22)16-10-4-6-12-26-16/h1-12H. The minimum atomic E-state index is 0.703. The number of halogens is 2. The van der Waals surface area contributed by atoms with Gasteiger partial charge in [-0.2, -0.15) is 0 Å². The van der Waals surface area contributed by atoms with Crippen LogP contribution < -0.4 is 0 Å². The zero-order valence-corrected chi connectivity index (χ0v) is 17.6. The molecule has 0 unspecified atom stereocenters. The second-order valence-corrected chi connectivity index (χ2v) is 7.81. The molecule has 6 heteroatoms. The van der Waals surface area contributed by atoms with Gasteiger partial charge in [0.25, 0.3) is 0 Å². The fraction of sp³-hybridized carbons (Fsp3) is 0. The van der Waals surface area contributed by atoms with E-state index in [9.17, 15) is 0 Å². The number of nitrogens with zero attached hydrogens (tertiary/aromatic N) is 4. The van der Waals surface area contributed by atoms with Crippen LogP contribution in [-0.4, -0.2) is 19.9 Å². The highest BCUT2D eigenvalue weighted by atomic mass is 79.9. The summed E-state index contributed by atoms with van der Waals surface area (Å²) >= 11 is 7.49. The largest absolute Gasteiger partial charge is 0.255 e. The third kappa shape index (κ3) is 2.80. The summed E-state index contributed by atoms with van der Waals surface area (Å²) in [5.41, 5.74) is 4.49. The van der Waals surface area contributed by atoms with Gasteiger partial charge in [0.05, 0.1) is 20.3 Å². The normalized spacial score (nSPS) is 11.2. The van der Waals surface area contributed by atoms with Gasteiger partial charge < -0.3 is 0 Å². The third-order valence-corrected chi connectivity index (χ3v) is 6.13. The van der Waals surface area contributed by atoms with Crippen LogP contribution >= 0.6 is 31.9 Å². The average Bonchev–Trinajstić information content (AvgIpc) is 2.78. The molecule has 0 atom stereocenters. The molecule has 28 heavy (non-hydrogen) atoms. The van der Waals surface area contributed by atoms with E-state index >= 15 is 0 Å². The molecule has 5 aromatic rings. The lowest BCUT2D eigenvalue weighted by atomic mass is 10.1. The lowest BCUT2D eigenvalue weighted by molar-refractivity contribution is 1.20. The van der Waals surface area contributed by atoms with Crippen molar-refractivity contribution in [3.63, 3.8) is 0 Å². The predicted octanol–water partition coefficient (Wildman–Crippen LogP) is 6.43. The quantitative estimate of drug-likeness (QED) is 0.267. The van der Waals surface area contributed by atoms with Crippen LogP contribution in [0.3, 0.4) is 0 Å². The van der Waals surface area contributed by atoms with Gasteiger partial charge in [-0.05, 0) is 66.9 Å². The summed E-state index contributed by atoms with van der Waals surface area (Å²) in [4.78, 5) is 19.0. The van der Waals surface area contributed by atoms with E-state index in [-0.39, 0.29) is 0 Å². The number of fused-ring (bicyclic) bond motifs is 2. The first-order valence-corrected chi connectivity index (χ1v) is 10.2. The van der Waals surface area contributed by atoms with Crippen LogP contribution in [0.1, 0.15) is 0 Å². The molecule has 0 N–H and O–H groups in total. The fourth-order valence-corrected chi connectivity index (χ4v) is 4.47. The molecular formula is C22H12Br2N4. The van der Waals surface area contributed by atoms with Crippen molar-refractivity contribution in [2.24, 2.45) is 0 Å². The Morgan fingerprint density at radius 2 is 0.964 bits per heavy atom. The Balaban J connectivity index is 1.94. The van der Waals surface area contributed by atoms with Crippen molar-refractivity contribution in [3.05, 3.63) is 82.0 Å². The van der Waals surface area contributed by atoms with Gasteiger partial charge >= 0.3 is 0 Å². The highest BCUT2D eigenvalue weighted by Crippen LogP contribution is 2.40. The SMILES string of the molecule is Brc1c2ccccc2c(Br)c2nc(-c3ccccn3)c(-c3ccccn3)nc12. The Labute approximate surface area is 178 Å². The summed E-state index contributed by atoms with van der Waals surface area (Å²) < 4.78 is 1.83. The summed E-state index contributed by atoms with van der Waals surface area (Å²) in [5, 5.41) is 2.16. The molecule has 0 aliphatic carbocycles. The van der Waals surface area contributed by atoms with E-state index in [2.05, 4.69) is 54.0 Å². The Hall–Kier alpha value is -2.70. The van der Waals surface area contributed by atoms with Crippen molar-refractivity contribution < 1.29 is 0 Å². The molecular weight excluding hydrogens is 480 g/mol. The molecule has 3 aromatic heterocycles. The van der Waals surface area contributed by atoms with Gasteiger partial charge in [0.2, 0.25) is 0 Å². The second-order valence-electron chi connectivity index (χ2n) is 6.22. The average molecular weight is 492 g/mol. The lowest BCUT2D eigenvalue weighted by Crippen LogP contribution is -1.99. The van der Waals surface area contributed by atoms with Crippen LogP contribution in [0.2, 0.25) is 0 Å². The smallest absolute Gasteiger partial charge is 0.117 e. The van der Waals surface area contributed by atoms with Crippen molar-refractivity contribution in [1.82, 2.24) is 19.9 Å². The maximum Gasteiger partial charge on any atom is 0.117 e. The Kier molecular flexibility index (Phi) is 4.37. The molecule has 0 aliphatic rings. The van der Waals surface area contributed by atoms with E-state index < -0.39 is 0 Å². The van der Waals surface area contributed by atoms with Crippen molar-refractivity contribution in [3.8, 4) is 22.8 Å². The van der Waals surface area contributed by atoms with E-state index in [4.69, 9.17) is 9.97 Å². The fourth-order valence-electron chi connectivity index (χ4n) is 3.23. The van der Waals surface area contributed by atoms with E-state index in [0.29, 0.717) is 11.4 Å². The first-order valence-electron chi connectivity index (χ1n) is 8.64. The molecule has 4 nitrogen and oxygen atoms in total. The summed E-state index contributed by atoms with van der Waals surface area (Å²) in [6.07, 6.45) is 3.52. The number of hydrogen-bond acceptors (Lipinski definition) is 4. The number of pyridine rings is 2. The first kappa shape index (κ1) is 17.4. The number of benzene rings is 2. The Morgan fingerprint density at radius 3 is 1.36 bits per heavy atom. The van der Waals surface area contributed by atoms with Crippen LogP contribution in [0.25, 0.3) is 44.6 Å². The van der Waals surface area contributed by atoms with Gasteiger partial charge in [-0.1, -0.05) is 36.4 Å². The highest BCUT2D eigenvalue weighted by molar-refractivity contribution is 9.11. The molecule has 0 saturated heterocycles. The zero-order chi connectivity index (χ0) is 19.1. The van der Waals surface area contributed by atoms with Gasteiger partial charge in [0, 0.05) is 12.4 Å². The van der Waals surface area contributed by atoms with Gasteiger partial charge in [-0.15, -0.1) is 0 Å². The topological polar surface area (TPSA) is 51.6 Å². The molecule has 0 saturated carbocycles. The van der Waals surface area contributed by atoms with Crippen LogP contribution in [0.15, 0.2) is 82.0 Å². The van der Waals surface area contributed by atoms with Gasteiger partial charge in [-0.25, -0.2) is 9.97 Å². The molecule has 5 rings (SSSR count). The van der Waals surface area contributed by atoms with Gasteiger partial charge in [-0.3, -0.25) is 9.97 Å². The summed E-state index contributed by atoms with van der Waals surface area (Å²) in [7, 11) is 0. The molecule has 0 bridgehead atoms. The molecule has 0 radical (unpaired) electrons. The van der Waals surface area contributed by atoms with Gasteiger partial charge in [0.1, 0.15) is 22.4 Å². The third-order valence-electron chi connectivity index (χ3n) is 4.53. The summed E-state index contributed by atoms with van der Waals surface area (Å²) in [5.74, 6) is 0. The minimum absolute atomic E-state index is 0.703. The van der Waals surface area contributed by atoms with Crippen molar-refractivity contribution in [2.75, 3.05) is 0 Å². The number of aromatic nitrogens is 4. The van der Waals surface area contributed by atoms with E-state index in [1.807, 2.05) is 48.5 Å². The Bertz CT molecular complexity index is 1220. The maximum atomic E-state index is 4.99. The van der Waals surface area contributed by atoms with Gasteiger partial charge in [0.15, 0.2) is 0 Å². The van der Waals surface area contributed by atoms with Crippen LogP contribution in [0.4, 0.5) is 0 Å². The molecule has 134 valence electrons. The molecule has 0 spiro atoms. The zero-order valence-electron chi connectivity index (χ0n) is 14.5. The van der Waals surface area contributed by atoms with E-state index in [1.165, 1.54) is 0 Å². The van der Waals surface area contributed by atoms with E-state index in [0.717, 1.165) is 42.1 Å². The Morgan fingerprint density at radius 1 is 0.536 bits per heavy atom. The summed E-state index contributed by atoms with van der Waals surface area (Å²) in [6.45, 7) is 0. The minimum Gasteiger partial charge on any atom is -0.255 e. The van der Waals surface area contributed by atoms with E-state index in [1.54, 1.807) is 12.4 Å². The van der Waals surface area contributed by atoms with Crippen molar-refractivity contribution in [1.29, 1.82) is 0 Å². The molecule has 2 aromatic carbocycles. The van der Waals surface area contributed by atoms with Crippen LogP contribution in [0, 0.1) is 0 Å². The van der Waals surface area contributed by atoms with Crippen LogP contribution in [-0.2, 0) is 0 Å². The maximum absolute atomic E-state index is 4.99. The number of hydrogen-bond donors (Lipinski definition) is 0. The molecule has 3 heterocycles. The van der Waals surface area contributed by atoms with Crippen molar-refractivity contribution >= 4 is 53.7 Å². The first-order chi connectivity index (χ1) is 13.7. The highest BCUT2D eigenvalue weighted by Gasteiger charge is 2.19. The van der Waals surface area contributed by atoms with Crippen LogP contribution in [0.5, 0.6) is 0 Å². The molecule has 0 amide bonds. The summed E-state index contributed by atoms with van der Waals surface area (Å²) in [6, 6.07) is 19.7. The lowest BCUT2D eigenvalue weighted by Gasteiger charge is -2.13. The predicted molar refractivity (Wildman–Crippen MR) is 119 cm³/mol. The second kappa shape index (κ2) is 7.04. The monoisotopic (exact) mass is 490 g/mol. The molecule has 0 fully saturated rings.